The maximum Gasteiger partial charge on any atom is 0.272 e. The third kappa shape index (κ3) is 8.65. The van der Waals surface area contributed by atoms with E-state index in [4.69, 9.17) is 21.1 Å². The first-order valence-corrected chi connectivity index (χ1v) is 14.9. The molecule has 0 aromatic heterocycles. The number of anilines is 2. The van der Waals surface area contributed by atoms with Gasteiger partial charge in [-0.2, -0.15) is 0 Å². The number of hydrogen-bond donors (Lipinski definition) is 3. The summed E-state index contributed by atoms with van der Waals surface area (Å²) in [5.41, 5.74) is 3.05. The van der Waals surface area contributed by atoms with Gasteiger partial charge in [-0.15, -0.1) is 11.8 Å². The Labute approximate surface area is 265 Å². The molecule has 1 atom stereocenters. The molecule has 4 rings (SSSR count). The summed E-state index contributed by atoms with van der Waals surface area (Å²) < 4.78 is 10.7. The molecule has 0 heterocycles. The SMILES string of the molecule is COc1ccc(/C=C(\NC(=O)c2ccccc2)C(=O)Nc2ccc(SC(C)C(=O)Nc3ccc(C)c(Cl)c3)cc2)c(OC)c1. The fraction of sp³-hybridized carbons (Fsp3) is 0.147. The van der Waals surface area contributed by atoms with Gasteiger partial charge in [-0.1, -0.05) is 35.9 Å². The molecule has 226 valence electrons. The second kappa shape index (κ2) is 15.1. The summed E-state index contributed by atoms with van der Waals surface area (Å²) >= 11 is 7.55. The summed E-state index contributed by atoms with van der Waals surface area (Å²) in [7, 11) is 3.06. The van der Waals surface area contributed by atoms with Crippen LogP contribution < -0.4 is 25.4 Å². The summed E-state index contributed by atoms with van der Waals surface area (Å²) in [6, 6.07) is 26.2. The Balaban J connectivity index is 1.47. The zero-order valence-electron chi connectivity index (χ0n) is 24.6. The lowest BCUT2D eigenvalue weighted by Crippen LogP contribution is -2.30. The zero-order valence-corrected chi connectivity index (χ0v) is 26.2. The number of carbonyl (C=O) groups excluding carboxylic acids is 3. The molecule has 0 spiro atoms. The first-order chi connectivity index (χ1) is 21.2. The van der Waals surface area contributed by atoms with Crippen molar-refractivity contribution in [1.82, 2.24) is 5.32 Å². The predicted molar refractivity (Wildman–Crippen MR) is 177 cm³/mol. The number of aryl methyl sites for hydroxylation is 1. The highest BCUT2D eigenvalue weighted by molar-refractivity contribution is 8.00. The lowest BCUT2D eigenvalue weighted by atomic mass is 10.1. The Hall–Kier alpha value is -4.73. The summed E-state index contributed by atoms with van der Waals surface area (Å²) in [4.78, 5) is 40.0. The largest absolute Gasteiger partial charge is 0.497 e. The molecule has 0 fully saturated rings. The lowest BCUT2D eigenvalue weighted by Gasteiger charge is -2.14. The van der Waals surface area contributed by atoms with E-state index >= 15 is 0 Å². The summed E-state index contributed by atoms with van der Waals surface area (Å²) in [5.74, 6) is -0.0788. The minimum Gasteiger partial charge on any atom is -0.497 e. The second-order valence-corrected chi connectivity index (χ2v) is 11.5. The molecule has 1 unspecified atom stereocenters. The summed E-state index contributed by atoms with van der Waals surface area (Å²) in [5, 5.41) is 8.64. The van der Waals surface area contributed by atoms with Crippen molar-refractivity contribution < 1.29 is 23.9 Å². The molecule has 3 N–H and O–H groups in total. The molecule has 44 heavy (non-hydrogen) atoms. The van der Waals surface area contributed by atoms with Crippen LogP contribution in [0.5, 0.6) is 11.5 Å². The number of carbonyl (C=O) groups is 3. The van der Waals surface area contributed by atoms with Crippen LogP contribution >= 0.6 is 23.4 Å². The van der Waals surface area contributed by atoms with Gasteiger partial charge in [0.15, 0.2) is 0 Å². The van der Waals surface area contributed by atoms with Gasteiger partial charge < -0.3 is 25.4 Å². The van der Waals surface area contributed by atoms with Crippen molar-refractivity contribution in [1.29, 1.82) is 0 Å². The number of ether oxygens (including phenoxy) is 2. The fourth-order valence-electron chi connectivity index (χ4n) is 4.02. The van der Waals surface area contributed by atoms with E-state index in [9.17, 15) is 14.4 Å². The van der Waals surface area contributed by atoms with Crippen LogP contribution in [0, 0.1) is 6.92 Å². The van der Waals surface area contributed by atoms with Crippen LogP contribution in [0.2, 0.25) is 5.02 Å². The molecule has 0 bridgehead atoms. The third-order valence-electron chi connectivity index (χ3n) is 6.50. The minimum absolute atomic E-state index is 0.0160. The van der Waals surface area contributed by atoms with Gasteiger partial charge in [0.25, 0.3) is 11.8 Å². The standard InChI is InChI=1S/C34H32ClN3O5S/c1-21-10-12-26(19-29(21)35)37-32(39)22(2)44-28-16-13-25(14-17-28)36-34(41)30(38-33(40)23-8-6-5-7-9-23)18-24-11-15-27(42-3)20-31(24)43-4/h5-20,22H,1-4H3,(H,36,41)(H,37,39)(H,38,40)/b30-18-. The van der Waals surface area contributed by atoms with E-state index in [1.54, 1.807) is 79.9 Å². The van der Waals surface area contributed by atoms with Gasteiger partial charge in [0.2, 0.25) is 5.91 Å². The molecular weight excluding hydrogens is 598 g/mol. The summed E-state index contributed by atoms with van der Waals surface area (Å²) in [6.45, 7) is 3.71. The Morgan fingerprint density at radius 3 is 2.20 bits per heavy atom. The van der Waals surface area contributed by atoms with E-state index in [1.807, 2.05) is 38.1 Å². The van der Waals surface area contributed by atoms with Gasteiger partial charge in [-0.05, 0) is 86.2 Å². The zero-order chi connectivity index (χ0) is 31.6. The van der Waals surface area contributed by atoms with E-state index < -0.39 is 17.1 Å². The van der Waals surface area contributed by atoms with Gasteiger partial charge in [0, 0.05) is 38.5 Å². The average Bonchev–Trinajstić information content (AvgIpc) is 3.03. The van der Waals surface area contributed by atoms with Gasteiger partial charge in [-0.25, -0.2) is 0 Å². The number of thioether (sulfide) groups is 1. The minimum atomic E-state index is -0.531. The molecule has 4 aromatic rings. The van der Waals surface area contributed by atoms with E-state index in [0.717, 1.165) is 10.5 Å². The second-order valence-electron chi connectivity index (χ2n) is 9.68. The molecule has 3 amide bonds. The van der Waals surface area contributed by atoms with Crippen molar-refractivity contribution >= 4 is 58.5 Å². The number of hydrogen-bond acceptors (Lipinski definition) is 6. The van der Waals surface area contributed by atoms with E-state index in [-0.39, 0.29) is 11.6 Å². The maximum atomic E-state index is 13.4. The number of halogens is 1. The predicted octanol–water partition coefficient (Wildman–Crippen LogP) is 7.19. The molecule has 0 saturated carbocycles. The molecule has 0 radical (unpaired) electrons. The number of nitrogens with one attached hydrogen (secondary N) is 3. The highest BCUT2D eigenvalue weighted by Gasteiger charge is 2.18. The van der Waals surface area contributed by atoms with Gasteiger partial charge in [0.05, 0.1) is 19.5 Å². The maximum absolute atomic E-state index is 13.4. The monoisotopic (exact) mass is 629 g/mol. The third-order valence-corrected chi connectivity index (χ3v) is 8.02. The van der Waals surface area contributed by atoms with Crippen molar-refractivity contribution in [2.24, 2.45) is 0 Å². The number of rotatable bonds is 11. The van der Waals surface area contributed by atoms with Crippen molar-refractivity contribution in [3.05, 3.63) is 118 Å². The van der Waals surface area contributed by atoms with Crippen LogP contribution in [-0.4, -0.2) is 37.2 Å². The van der Waals surface area contributed by atoms with Crippen LogP contribution in [-0.2, 0) is 9.59 Å². The summed E-state index contributed by atoms with van der Waals surface area (Å²) in [6.07, 6.45) is 1.54. The van der Waals surface area contributed by atoms with Crippen molar-refractivity contribution in [3.8, 4) is 11.5 Å². The average molecular weight is 630 g/mol. The first kappa shape index (κ1) is 32.2. The van der Waals surface area contributed by atoms with Crippen molar-refractivity contribution in [3.63, 3.8) is 0 Å². The molecular formula is C34H32ClN3O5S. The van der Waals surface area contributed by atoms with E-state index in [2.05, 4.69) is 16.0 Å². The Morgan fingerprint density at radius 1 is 0.841 bits per heavy atom. The fourth-order valence-corrected chi connectivity index (χ4v) is 5.07. The molecule has 10 heteroatoms. The molecule has 4 aromatic carbocycles. The first-order valence-electron chi connectivity index (χ1n) is 13.6. The number of benzene rings is 4. The number of methoxy groups -OCH3 is 2. The normalized spacial score (nSPS) is 11.7. The smallest absolute Gasteiger partial charge is 0.272 e. The van der Waals surface area contributed by atoms with Crippen molar-refractivity contribution in [2.45, 2.75) is 24.0 Å². The Bertz CT molecular complexity index is 1680. The molecule has 8 nitrogen and oxygen atoms in total. The van der Waals surface area contributed by atoms with Crippen molar-refractivity contribution in [2.75, 3.05) is 24.9 Å². The lowest BCUT2D eigenvalue weighted by molar-refractivity contribution is -0.115. The van der Waals surface area contributed by atoms with E-state index in [1.165, 1.54) is 18.9 Å². The Morgan fingerprint density at radius 2 is 1.55 bits per heavy atom. The quantitative estimate of drug-likeness (QED) is 0.120. The van der Waals surface area contributed by atoms with Gasteiger partial charge in [0.1, 0.15) is 17.2 Å². The van der Waals surface area contributed by atoms with Crippen LogP contribution in [0.1, 0.15) is 28.4 Å². The highest BCUT2D eigenvalue weighted by Crippen LogP contribution is 2.28. The van der Waals surface area contributed by atoms with E-state index in [0.29, 0.717) is 39.0 Å². The topological polar surface area (TPSA) is 106 Å². The Kier molecular flexibility index (Phi) is 11.1. The van der Waals surface area contributed by atoms with Crippen LogP contribution in [0.15, 0.2) is 102 Å². The van der Waals surface area contributed by atoms with Gasteiger partial charge >= 0.3 is 0 Å². The van der Waals surface area contributed by atoms with Crippen LogP contribution in [0.4, 0.5) is 11.4 Å². The molecule has 0 aliphatic heterocycles. The number of amides is 3. The molecule has 0 aliphatic carbocycles. The van der Waals surface area contributed by atoms with Gasteiger partial charge in [-0.3, -0.25) is 14.4 Å². The van der Waals surface area contributed by atoms with Crippen LogP contribution in [0.25, 0.3) is 6.08 Å². The highest BCUT2D eigenvalue weighted by atomic mass is 35.5. The van der Waals surface area contributed by atoms with Crippen LogP contribution in [0.3, 0.4) is 0 Å². The molecule has 0 saturated heterocycles. The molecule has 0 aliphatic rings.